The van der Waals surface area contributed by atoms with Crippen LogP contribution in [0.5, 0.6) is 11.5 Å². The number of amides is 1. The Morgan fingerprint density at radius 2 is 1.75 bits per heavy atom. The molecule has 0 unspecified atom stereocenters. The van der Waals surface area contributed by atoms with Crippen LogP contribution < -0.4 is 14.4 Å². The number of nitrogens with zero attached hydrogens (tertiary/aromatic N) is 2. The molecule has 2 heterocycles. The molecule has 5 nitrogen and oxygen atoms in total. The molecule has 6 heteroatoms. The molecule has 1 saturated heterocycles. The first-order valence-corrected chi connectivity index (χ1v) is 11.2. The average Bonchev–Trinajstić information content (AvgIpc) is 3.17. The second-order valence-electron chi connectivity index (χ2n) is 8.61. The summed E-state index contributed by atoms with van der Waals surface area (Å²) in [5.74, 6) is 2.21. The van der Waals surface area contributed by atoms with E-state index in [0.717, 1.165) is 42.4 Å². The van der Waals surface area contributed by atoms with Crippen molar-refractivity contribution in [2.45, 2.75) is 26.7 Å². The maximum Gasteiger partial charge on any atom is 0.258 e. The summed E-state index contributed by atoms with van der Waals surface area (Å²) in [7, 11) is 1.64. The van der Waals surface area contributed by atoms with Crippen LogP contribution in [0.3, 0.4) is 0 Å². The van der Waals surface area contributed by atoms with E-state index in [1.54, 1.807) is 12.0 Å². The van der Waals surface area contributed by atoms with Gasteiger partial charge in [0.1, 0.15) is 6.61 Å². The van der Waals surface area contributed by atoms with Gasteiger partial charge in [-0.05, 0) is 56.5 Å². The molecule has 2 aromatic carbocycles. The van der Waals surface area contributed by atoms with Gasteiger partial charge in [0.15, 0.2) is 11.5 Å². The van der Waals surface area contributed by atoms with Crippen LogP contribution in [-0.4, -0.2) is 50.7 Å². The van der Waals surface area contributed by atoms with Gasteiger partial charge < -0.3 is 14.4 Å². The minimum atomic E-state index is 0. The quantitative estimate of drug-likeness (QED) is 0.590. The van der Waals surface area contributed by atoms with Crippen molar-refractivity contribution in [2.24, 2.45) is 5.92 Å². The Balaban J connectivity index is 0.00000289. The third-order valence-corrected chi connectivity index (χ3v) is 6.32. The highest BCUT2D eigenvalue weighted by Crippen LogP contribution is 2.35. The maximum atomic E-state index is 13.1. The Morgan fingerprint density at radius 1 is 1.03 bits per heavy atom. The van der Waals surface area contributed by atoms with Crippen molar-refractivity contribution < 1.29 is 14.3 Å². The molecule has 0 spiro atoms. The number of methoxy groups -OCH3 is 1. The van der Waals surface area contributed by atoms with Gasteiger partial charge in [0.25, 0.3) is 5.91 Å². The van der Waals surface area contributed by atoms with E-state index in [0.29, 0.717) is 24.7 Å². The molecular formula is C26H33ClN2O3. The lowest BCUT2D eigenvalue weighted by Gasteiger charge is -2.30. The molecule has 0 saturated carbocycles. The summed E-state index contributed by atoms with van der Waals surface area (Å²) in [6, 6.07) is 13.8. The highest BCUT2D eigenvalue weighted by atomic mass is 35.5. The van der Waals surface area contributed by atoms with E-state index in [1.807, 2.05) is 55.5 Å². The molecule has 0 aliphatic carbocycles. The van der Waals surface area contributed by atoms with Gasteiger partial charge in [-0.15, -0.1) is 12.4 Å². The molecule has 2 aliphatic rings. The third-order valence-electron chi connectivity index (χ3n) is 6.32. The summed E-state index contributed by atoms with van der Waals surface area (Å²) < 4.78 is 11.6. The lowest BCUT2D eigenvalue weighted by Crippen LogP contribution is -2.35. The van der Waals surface area contributed by atoms with Crippen LogP contribution in [0.15, 0.2) is 48.5 Å². The number of halogens is 1. The van der Waals surface area contributed by atoms with Gasteiger partial charge in [0.05, 0.1) is 7.11 Å². The SMILES string of the molecule is COc1ccc(N2CC=C(c3ccc(C)cc3)C2=O)cc1OCCN1CCC(C)CC1.Cl. The molecule has 1 fully saturated rings. The van der Waals surface area contributed by atoms with E-state index in [4.69, 9.17) is 9.47 Å². The number of hydrogen-bond acceptors (Lipinski definition) is 4. The Kier molecular flexibility index (Phi) is 8.21. The van der Waals surface area contributed by atoms with Crippen LogP contribution in [0.1, 0.15) is 30.9 Å². The summed E-state index contributed by atoms with van der Waals surface area (Å²) in [6.07, 6.45) is 4.51. The number of likely N-dealkylation sites (tertiary alicyclic amines) is 1. The van der Waals surface area contributed by atoms with Crippen LogP contribution in [-0.2, 0) is 4.79 Å². The minimum Gasteiger partial charge on any atom is -0.493 e. The third kappa shape index (κ3) is 5.45. The van der Waals surface area contributed by atoms with Crippen LogP contribution >= 0.6 is 12.4 Å². The lowest BCUT2D eigenvalue weighted by atomic mass is 9.99. The molecule has 172 valence electrons. The minimum absolute atomic E-state index is 0. The fourth-order valence-electron chi connectivity index (χ4n) is 4.21. The van der Waals surface area contributed by atoms with Gasteiger partial charge in [-0.3, -0.25) is 9.69 Å². The van der Waals surface area contributed by atoms with Gasteiger partial charge in [-0.1, -0.05) is 42.8 Å². The van der Waals surface area contributed by atoms with Gasteiger partial charge in [-0.2, -0.15) is 0 Å². The van der Waals surface area contributed by atoms with Crippen molar-refractivity contribution in [3.8, 4) is 11.5 Å². The highest BCUT2D eigenvalue weighted by Gasteiger charge is 2.27. The topological polar surface area (TPSA) is 42.0 Å². The van der Waals surface area contributed by atoms with E-state index in [2.05, 4.69) is 11.8 Å². The Morgan fingerprint density at radius 3 is 2.44 bits per heavy atom. The number of rotatable bonds is 7. The summed E-state index contributed by atoms with van der Waals surface area (Å²) in [4.78, 5) is 17.3. The second kappa shape index (κ2) is 10.9. The number of piperidine rings is 1. The predicted octanol–water partition coefficient (Wildman–Crippen LogP) is 4.97. The smallest absolute Gasteiger partial charge is 0.258 e. The predicted molar refractivity (Wildman–Crippen MR) is 132 cm³/mol. The summed E-state index contributed by atoms with van der Waals surface area (Å²) in [6.45, 7) is 8.71. The largest absolute Gasteiger partial charge is 0.493 e. The molecule has 0 radical (unpaired) electrons. The van der Waals surface area contributed by atoms with Gasteiger partial charge >= 0.3 is 0 Å². The van der Waals surface area contributed by atoms with Gasteiger partial charge in [0.2, 0.25) is 0 Å². The number of carbonyl (C=O) groups excluding carboxylic acids is 1. The number of carbonyl (C=O) groups is 1. The molecule has 2 aromatic rings. The summed E-state index contributed by atoms with van der Waals surface area (Å²) >= 11 is 0. The molecule has 2 aliphatic heterocycles. The number of anilines is 1. The zero-order valence-corrected chi connectivity index (χ0v) is 20.0. The van der Waals surface area contributed by atoms with Crippen LogP contribution in [0.2, 0.25) is 0 Å². The van der Waals surface area contributed by atoms with Crippen molar-refractivity contribution in [3.63, 3.8) is 0 Å². The van der Waals surface area contributed by atoms with E-state index < -0.39 is 0 Å². The zero-order valence-electron chi connectivity index (χ0n) is 19.2. The van der Waals surface area contributed by atoms with Crippen LogP contribution in [0.4, 0.5) is 5.69 Å². The maximum absolute atomic E-state index is 13.1. The normalized spacial score (nSPS) is 17.2. The molecule has 0 atom stereocenters. The Hall–Kier alpha value is -2.50. The van der Waals surface area contributed by atoms with Crippen molar-refractivity contribution >= 4 is 29.6 Å². The van der Waals surface area contributed by atoms with Gasteiger partial charge in [-0.25, -0.2) is 0 Å². The number of aryl methyl sites for hydroxylation is 1. The van der Waals surface area contributed by atoms with Crippen molar-refractivity contribution in [2.75, 3.05) is 44.8 Å². The number of hydrogen-bond donors (Lipinski definition) is 0. The number of ether oxygens (including phenoxy) is 2. The summed E-state index contributed by atoms with van der Waals surface area (Å²) in [5.41, 5.74) is 3.71. The van der Waals surface area contributed by atoms with Crippen molar-refractivity contribution in [1.29, 1.82) is 0 Å². The first kappa shape index (κ1) is 24.1. The van der Waals surface area contributed by atoms with E-state index >= 15 is 0 Å². The van der Waals surface area contributed by atoms with E-state index in [9.17, 15) is 4.79 Å². The first-order valence-electron chi connectivity index (χ1n) is 11.2. The Bertz CT molecular complexity index is 950. The average molecular weight is 457 g/mol. The molecule has 4 rings (SSSR count). The van der Waals surface area contributed by atoms with Crippen LogP contribution in [0, 0.1) is 12.8 Å². The summed E-state index contributed by atoms with van der Waals surface area (Å²) in [5, 5.41) is 0. The molecule has 0 aromatic heterocycles. The standard InChI is InChI=1S/C26H32N2O3.ClH/c1-19-4-6-21(7-5-19)23-12-15-28(26(23)29)22-8-9-24(30-3)25(18-22)31-17-16-27-13-10-20(2)11-14-27;/h4-9,12,18,20H,10-11,13-17H2,1-3H3;1H. The van der Waals surface area contributed by atoms with Crippen LogP contribution in [0.25, 0.3) is 5.57 Å². The molecule has 1 amide bonds. The van der Waals surface area contributed by atoms with E-state index in [-0.39, 0.29) is 18.3 Å². The molecular weight excluding hydrogens is 424 g/mol. The van der Waals surface area contributed by atoms with Crippen molar-refractivity contribution in [1.82, 2.24) is 4.90 Å². The molecule has 0 bridgehead atoms. The van der Waals surface area contributed by atoms with Gasteiger partial charge in [0, 0.05) is 30.4 Å². The fraction of sp³-hybridized carbons (Fsp3) is 0.423. The second-order valence-corrected chi connectivity index (χ2v) is 8.61. The Labute approximate surface area is 197 Å². The molecule has 32 heavy (non-hydrogen) atoms. The monoisotopic (exact) mass is 456 g/mol. The van der Waals surface area contributed by atoms with Crippen molar-refractivity contribution in [3.05, 3.63) is 59.7 Å². The first-order chi connectivity index (χ1) is 15.0. The lowest BCUT2D eigenvalue weighted by molar-refractivity contribution is -0.112. The zero-order chi connectivity index (χ0) is 21.8. The highest BCUT2D eigenvalue weighted by molar-refractivity contribution is 6.28. The molecule has 0 N–H and O–H groups in total. The number of benzene rings is 2. The van der Waals surface area contributed by atoms with E-state index in [1.165, 1.54) is 18.4 Å². The fourth-order valence-corrected chi connectivity index (χ4v) is 4.21.